The van der Waals surface area contributed by atoms with Crippen LogP contribution in [0.3, 0.4) is 0 Å². The number of amides is 1. The van der Waals surface area contributed by atoms with Crippen LogP contribution >= 0.6 is 0 Å². The van der Waals surface area contributed by atoms with Gasteiger partial charge < -0.3 is 0 Å². The number of nitrogens with zero attached hydrogens (tertiary/aromatic N) is 1. The van der Waals surface area contributed by atoms with E-state index in [1.807, 2.05) is 19.9 Å². The van der Waals surface area contributed by atoms with E-state index in [9.17, 15) is 4.79 Å². The molecule has 0 bridgehead atoms. The molecule has 0 atom stereocenters. The van der Waals surface area contributed by atoms with E-state index in [-0.39, 0.29) is 5.91 Å². The Morgan fingerprint density at radius 2 is 2.00 bits per heavy atom. The lowest BCUT2D eigenvalue weighted by Gasteiger charge is -1.98. The first-order valence-electron chi connectivity index (χ1n) is 4.01. The summed E-state index contributed by atoms with van der Waals surface area (Å²) in [6.45, 7) is 3.95. The fraction of sp³-hybridized carbons (Fsp3) is 0.300. The van der Waals surface area contributed by atoms with Gasteiger partial charge in [-0.15, -0.1) is 4.54 Å². The molecule has 0 aliphatic carbocycles. The third kappa shape index (κ3) is 2.21. The predicted octanol–water partition coefficient (Wildman–Crippen LogP) is 2.38. The minimum atomic E-state index is -0.342. The van der Waals surface area contributed by atoms with Gasteiger partial charge in [-0.3, -0.25) is 4.79 Å². The molecule has 13 heavy (non-hydrogen) atoms. The Morgan fingerprint density at radius 1 is 1.31 bits per heavy atom. The Bertz CT molecular complexity index is 356. The highest BCUT2D eigenvalue weighted by Gasteiger charge is 2.09. The lowest BCUT2D eigenvalue weighted by Crippen LogP contribution is -1.95. The van der Waals surface area contributed by atoms with Crippen molar-refractivity contribution in [2.75, 3.05) is 7.11 Å². The average Bonchev–Trinajstić information content (AvgIpc) is 2.10. The fourth-order valence-corrected chi connectivity index (χ4v) is 1.01. The Hall–Kier alpha value is -1.51. The van der Waals surface area contributed by atoms with Crippen molar-refractivity contribution in [3.63, 3.8) is 0 Å². The topological polar surface area (TPSA) is 40.7 Å². The summed E-state index contributed by atoms with van der Waals surface area (Å²) < 4.78 is 4.40. The lowest BCUT2D eigenvalue weighted by atomic mass is 10.1. The van der Waals surface area contributed by atoms with Crippen molar-refractivity contribution in [3.05, 3.63) is 39.4 Å². The zero-order chi connectivity index (χ0) is 9.84. The van der Waals surface area contributed by atoms with Crippen LogP contribution in [0.1, 0.15) is 21.5 Å². The quantitative estimate of drug-likeness (QED) is 0.608. The molecule has 0 aromatic heterocycles. The van der Waals surface area contributed by atoms with Gasteiger partial charge in [-0.1, -0.05) is 6.07 Å². The highest BCUT2D eigenvalue weighted by molar-refractivity contribution is 5.95. The molecule has 0 fully saturated rings. The van der Waals surface area contributed by atoms with Crippen LogP contribution in [0.5, 0.6) is 0 Å². The summed E-state index contributed by atoms with van der Waals surface area (Å²) in [4.78, 5) is 11.2. The molecule has 0 saturated heterocycles. The van der Waals surface area contributed by atoms with E-state index in [1.54, 1.807) is 12.1 Å². The summed E-state index contributed by atoms with van der Waals surface area (Å²) in [6.07, 6.45) is 0. The van der Waals surface area contributed by atoms with Gasteiger partial charge in [-0.25, -0.2) is 0 Å². The molecular formula is C10H12NO2+. The van der Waals surface area contributed by atoms with Gasteiger partial charge in [-0.2, -0.15) is 0 Å². The number of aryl methyl sites for hydroxylation is 2. The van der Waals surface area contributed by atoms with E-state index in [4.69, 9.17) is 0 Å². The molecule has 0 heterocycles. The number of benzene rings is 1. The lowest BCUT2D eigenvalue weighted by molar-refractivity contribution is 0.0999. The number of rotatable bonds is 1. The van der Waals surface area contributed by atoms with Crippen LogP contribution in [0.15, 0.2) is 23.4 Å². The average molecular weight is 178 g/mol. The zero-order valence-electron chi connectivity index (χ0n) is 8.00. The second-order valence-corrected chi connectivity index (χ2v) is 2.88. The highest BCUT2D eigenvalue weighted by atomic mass is 16.5. The fourth-order valence-electron chi connectivity index (χ4n) is 1.01. The molecule has 3 nitrogen and oxygen atoms in total. The van der Waals surface area contributed by atoms with E-state index < -0.39 is 0 Å². The van der Waals surface area contributed by atoms with E-state index in [1.165, 1.54) is 7.11 Å². The van der Waals surface area contributed by atoms with Crippen LogP contribution in [0.4, 0.5) is 0 Å². The summed E-state index contributed by atoms with van der Waals surface area (Å²) in [7, 11) is 1.36. The van der Waals surface area contributed by atoms with Crippen LogP contribution in [0.25, 0.3) is 0 Å². The molecular weight excluding hydrogens is 166 g/mol. The van der Waals surface area contributed by atoms with Gasteiger partial charge in [-0.05, 0) is 37.1 Å². The number of carbonyl (C=O) groups is 1. The van der Waals surface area contributed by atoms with Crippen LogP contribution in [0.2, 0.25) is 0 Å². The van der Waals surface area contributed by atoms with Crippen molar-refractivity contribution < 1.29 is 4.79 Å². The molecule has 0 spiro atoms. The Labute approximate surface area is 77.1 Å². The van der Waals surface area contributed by atoms with Crippen molar-refractivity contribution in [1.29, 1.82) is 0 Å². The monoisotopic (exact) mass is 178 g/mol. The van der Waals surface area contributed by atoms with Gasteiger partial charge in [0, 0.05) is 0 Å². The van der Waals surface area contributed by atoms with Crippen LogP contribution in [0, 0.1) is 18.4 Å². The molecule has 1 aromatic carbocycles. The zero-order valence-corrected chi connectivity index (χ0v) is 8.00. The maximum Gasteiger partial charge on any atom is 0.371 e. The number of carbonyl (C=O) groups excluding carboxylic acids is 1. The van der Waals surface area contributed by atoms with Crippen molar-refractivity contribution in [1.82, 2.24) is 0 Å². The van der Waals surface area contributed by atoms with Gasteiger partial charge in [0.1, 0.15) is 0 Å². The minimum absolute atomic E-state index is 0.342. The number of nitroso groups, excluding NO2 is 1. The summed E-state index contributed by atoms with van der Waals surface area (Å²) in [5.41, 5.74) is 2.80. The minimum Gasteiger partial charge on any atom is -0.257 e. The third-order valence-electron chi connectivity index (χ3n) is 1.93. The Kier molecular flexibility index (Phi) is 2.90. The van der Waals surface area contributed by atoms with Crippen LogP contribution in [-0.2, 0) is 0 Å². The number of hydrogen-bond donors (Lipinski definition) is 0. The van der Waals surface area contributed by atoms with E-state index >= 15 is 0 Å². The van der Waals surface area contributed by atoms with Gasteiger partial charge in [0.05, 0.1) is 5.56 Å². The van der Waals surface area contributed by atoms with Crippen molar-refractivity contribution >= 4 is 5.91 Å². The van der Waals surface area contributed by atoms with E-state index in [2.05, 4.69) is 9.71 Å². The van der Waals surface area contributed by atoms with E-state index in [0.717, 1.165) is 11.1 Å². The molecule has 0 saturated carbocycles. The summed E-state index contributed by atoms with van der Waals surface area (Å²) in [5, 5.41) is 3.33. The smallest absolute Gasteiger partial charge is 0.257 e. The first-order valence-corrected chi connectivity index (χ1v) is 4.01. The van der Waals surface area contributed by atoms with Crippen LogP contribution in [-0.4, -0.2) is 13.0 Å². The van der Waals surface area contributed by atoms with Gasteiger partial charge in [0.25, 0.3) is 7.11 Å². The molecule has 0 aliphatic heterocycles. The SMILES string of the molecule is C[O+]=NC(=O)c1ccc(C)c(C)c1. The third-order valence-corrected chi connectivity index (χ3v) is 1.93. The normalized spacial score (nSPS) is 10.7. The van der Waals surface area contributed by atoms with Crippen molar-refractivity contribution in [2.24, 2.45) is 5.18 Å². The first kappa shape index (κ1) is 9.58. The summed E-state index contributed by atoms with van der Waals surface area (Å²) >= 11 is 0. The van der Waals surface area contributed by atoms with Crippen LogP contribution < -0.4 is 0 Å². The Morgan fingerprint density at radius 3 is 2.54 bits per heavy atom. The molecule has 3 heteroatoms. The molecule has 1 aromatic rings. The number of hydrogen-bond acceptors (Lipinski definition) is 1. The van der Waals surface area contributed by atoms with Crippen molar-refractivity contribution in [3.8, 4) is 0 Å². The van der Waals surface area contributed by atoms with Crippen molar-refractivity contribution in [2.45, 2.75) is 13.8 Å². The van der Waals surface area contributed by atoms with Gasteiger partial charge in [0.15, 0.2) is 5.18 Å². The first-order chi connectivity index (χ1) is 6.15. The molecule has 68 valence electrons. The highest BCUT2D eigenvalue weighted by Crippen LogP contribution is 2.10. The van der Waals surface area contributed by atoms with Gasteiger partial charge >= 0.3 is 5.91 Å². The Balaban J connectivity index is 3.04. The predicted molar refractivity (Wildman–Crippen MR) is 52.0 cm³/mol. The standard InChI is InChI=1S/C10H12NO2/c1-7-4-5-9(6-8(7)2)10(12)11-13-3/h4-6H,1-3H3/q+1. The maximum absolute atomic E-state index is 11.2. The molecule has 0 radical (unpaired) electrons. The second-order valence-electron chi connectivity index (χ2n) is 2.88. The molecule has 1 rings (SSSR count). The molecule has 0 aliphatic rings. The largest absolute Gasteiger partial charge is 0.371 e. The molecule has 0 unspecified atom stereocenters. The second kappa shape index (κ2) is 3.94. The maximum atomic E-state index is 11.2. The summed E-state index contributed by atoms with van der Waals surface area (Å²) in [6, 6.07) is 5.45. The molecule has 0 N–H and O–H groups in total. The summed E-state index contributed by atoms with van der Waals surface area (Å²) in [5.74, 6) is -0.342. The molecule has 1 amide bonds. The van der Waals surface area contributed by atoms with E-state index in [0.29, 0.717) is 5.56 Å². The van der Waals surface area contributed by atoms with Gasteiger partial charge in [0.2, 0.25) is 0 Å².